The standard InChI is InChI=1S/C15H22N2O2S/c1-19-13-6-5-11(9-12(13)16)14(18)17-10-15(20-2)7-3-4-8-15/h5-6,9H,3-4,7-8,10,16H2,1-2H3,(H,17,18). The van der Waals surface area contributed by atoms with Crippen LogP contribution in [0.1, 0.15) is 36.0 Å². The van der Waals surface area contributed by atoms with Crippen LogP contribution >= 0.6 is 11.8 Å². The van der Waals surface area contributed by atoms with E-state index in [0.29, 0.717) is 17.0 Å². The lowest BCUT2D eigenvalue weighted by atomic mass is 10.1. The molecule has 5 heteroatoms. The minimum absolute atomic E-state index is 0.0697. The summed E-state index contributed by atoms with van der Waals surface area (Å²) in [5.74, 6) is 0.526. The van der Waals surface area contributed by atoms with E-state index >= 15 is 0 Å². The van der Waals surface area contributed by atoms with Crippen molar-refractivity contribution in [1.29, 1.82) is 0 Å². The molecule has 1 aliphatic rings. The Morgan fingerprint density at radius 2 is 2.15 bits per heavy atom. The van der Waals surface area contributed by atoms with Gasteiger partial charge in [0.1, 0.15) is 5.75 Å². The molecule has 0 bridgehead atoms. The molecule has 1 aromatic rings. The van der Waals surface area contributed by atoms with Gasteiger partial charge in [-0.1, -0.05) is 12.8 Å². The van der Waals surface area contributed by atoms with Crippen molar-refractivity contribution in [3.63, 3.8) is 0 Å². The topological polar surface area (TPSA) is 64.3 Å². The van der Waals surface area contributed by atoms with Crippen molar-refractivity contribution in [1.82, 2.24) is 5.32 Å². The predicted octanol–water partition coefficient (Wildman–Crippen LogP) is 2.68. The molecule has 3 N–H and O–H groups in total. The number of hydrogen-bond acceptors (Lipinski definition) is 4. The third-order valence-electron chi connectivity index (χ3n) is 4.01. The first kappa shape index (κ1) is 15.0. The van der Waals surface area contributed by atoms with E-state index in [1.807, 2.05) is 11.8 Å². The Hall–Kier alpha value is -1.36. The molecule has 0 saturated heterocycles. The number of ether oxygens (including phenoxy) is 1. The van der Waals surface area contributed by atoms with E-state index in [0.717, 1.165) is 6.54 Å². The van der Waals surface area contributed by atoms with Crippen LogP contribution in [0.2, 0.25) is 0 Å². The van der Waals surface area contributed by atoms with E-state index < -0.39 is 0 Å². The van der Waals surface area contributed by atoms with Gasteiger partial charge in [-0.25, -0.2) is 0 Å². The largest absolute Gasteiger partial charge is 0.495 e. The van der Waals surface area contributed by atoms with Crippen LogP contribution in [0.4, 0.5) is 5.69 Å². The summed E-state index contributed by atoms with van der Waals surface area (Å²) in [7, 11) is 1.56. The van der Waals surface area contributed by atoms with Gasteiger partial charge in [-0.3, -0.25) is 4.79 Å². The molecule has 0 atom stereocenters. The van der Waals surface area contributed by atoms with Crippen LogP contribution in [0.25, 0.3) is 0 Å². The fourth-order valence-corrected chi connectivity index (χ4v) is 3.60. The Balaban J connectivity index is 1.99. The molecule has 1 amide bonds. The first-order valence-corrected chi connectivity index (χ1v) is 8.09. The SMILES string of the molecule is COc1ccc(C(=O)NCC2(SC)CCCC2)cc1N. The third kappa shape index (κ3) is 3.20. The van der Waals surface area contributed by atoms with Gasteiger partial charge >= 0.3 is 0 Å². The average molecular weight is 294 g/mol. The summed E-state index contributed by atoms with van der Waals surface area (Å²) >= 11 is 1.87. The highest BCUT2D eigenvalue weighted by Crippen LogP contribution is 2.39. The lowest BCUT2D eigenvalue weighted by Crippen LogP contribution is -2.38. The normalized spacial score (nSPS) is 16.9. The Labute approximate surface area is 124 Å². The number of nitrogen functional groups attached to an aromatic ring is 1. The van der Waals surface area contributed by atoms with E-state index in [4.69, 9.17) is 10.5 Å². The van der Waals surface area contributed by atoms with Gasteiger partial charge in [-0.2, -0.15) is 11.8 Å². The highest BCUT2D eigenvalue weighted by molar-refractivity contribution is 8.00. The van der Waals surface area contributed by atoms with E-state index in [1.54, 1.807) is 25.3 Å². The van der Waals surface area contributed by atoms with Crippen molar-refractivity contribution in [2.24, 2.45) is 0 Å². The molecule has 1 aliphatic carbocycles. The number of nitrogens with one attached hydrogen (secondary N) is 1. The minimum atomic E-state index is -0.0697. The quantitative estimate of drug-likeness (QED) is 0.820. The van der Waals surface area contributed by atoms with Crippen molar-refractivity contribution in [3.8, 4) is 5.75 Å². The van der Waals surface area contributed by atoms with Gasteiger partial charge in [0, 0.05) is 16.9 Å². The fourth-order valence-electron chi connectivity index (χ4n) is 2.69. The molecular weight excluding hydrogens is 272 g/mol. The second-order valence-corrected chi connectivity index (χ2v) is 6.51. The fraction of sp³-hybridized carbons (Fsp3) is 0.533. The molecule has 0 aliphatic heterocycles. The number of methoxy groups -OCH3 is 1. The molecule has 0 aromatic heterocycles. The van der Waals surface area contributed by atoms with E-state index in [-0.39, 0.29) is 10.7 Å². The second-order valence-electron chi connectivity index (χ2n) is 5.23. The van der Waals surface area contributed by atoms with Crippen LogP contribution < -0.4 is 15.8 Å². The maximum absolute atomic E-state index is 12.2. The smallest absolute Gasteiger partial charge is 0.251 e. The number of anilines is 1. The van der Waals surface area contributed by atoms with Crippen LogP contribution in [-0.2, 0) is 0 Å². The van der Waals surface area contributed by atoms with Crippen molar-refractivity contribution < 1.29 is 9.53 Å². The molecule has 110 valence electrons. The van der Waals surface area contributed by atoms with E-state index in [2.05, 4.69) is 11.6 Å². The third-order valence-corrected chi connectivity index (χ3v) is 5.43. The molecule has 20 heavy (non-hydrogen) atoms. The maximum Gasteiger partial charge on any atom is 0.251 e. The molecule has 0 unspecified atom stereocenters. The number of benzene rings is 1. The highest BCUT2D eigenvalue weighted by Gasteiger charge is 2.33. The molecule has 2 rings (SSSR count). The predicted molar refractivity (Wildman–Crippen MR) is 84.5 cm³/mol. The Morgan fingerprint density at radius 3 is 2.70 bits per heavy atom. The van der Waals surface area contributed by atoms with Crippen LogP contribution in [0.3, 0.4) is 0 Å². The van der Waals surface area contributed by atoms with Crippen LogP contribution in [0, 0.1) is 0 Å². The zero-order valence-corrected chi connectivity index (χ0v) is 12.9. The number of thioether (sulfide) groups is 1. The molecular formula is C15H22N2O2S. The van der Waals surface area contributed by atoms with Crippen molar-refractivity contribution >= 4 is 23.4 Å². The number of nitrogens with two attached hydrogens (primary N) is 1. The summed E-state index contributed by atoms with van der Waals surface area (Å²) in [5.41, 5.74) is 6.90. The van der Waals surface area contributed by atoms with Gasteiger partial charge in [0.25, 0.3) is 5.91 Å². The Morgan fingerprint density at radius 1 is 1.45 bits per heavy atom. The minimum Gasteiger partial charge on any atom is -0.495 e. The monoisotopic (exact) mass is 294 g/mol. The van der Waals surface area contributed by atoms with E-state index in [9.17, 15) is 4.79 Å². The summed E-state index contributed by atoms with van der Waals surface area (Å²) in [6.07, 6.45) is 7.00. The molecule has 0 heterocycles. The molecule has 1 fully saturated rings. The summed E-state index contributed by atoms with van der Waals surface area (Å²) < 4.78 is 5.31. The number of rotatable bonds is 5. The Kier molecular flexibility index (Phi) is 4.81. The first-order chi connectivity index (χ1) is 9.60. The van der Waals surface area contributed by atoms with Gasteiger partial charge in [0.2, 0.25) is 0 Å². The highest BCUT2D eigenvalue weighted by atomic mass is 32.2. The zero-order chi connectivity index (χ0) is 14.6. The average Bonchev–Trinajstić information content (AvgIpc) is 2.94. The van der Waals surface area contributed by atoms with Gasteiger partial charge in [-0.05, 0) is 37.3 Å². The van der Waals surface area contributed by atoms with E-state index in [1.165, 1.54) is 25.7 Å². The zero-order valence-electron chi connectivity index (χ0n) is 12.1. The number of carbonyl (C=O) groups excluding carboxylic acids is 1. The Bertz CT molecular complexity index is 485. The van der Waals surface area contributed by atoms with Crippen LogP contribution in [-0.4, -0.2) is 30.6 Å². The van der Waals surface area contributed by atoms with Crippen molar-refractivity contribution in [2.45, 2.75) is 30.4 Å². The summed E-state index contributed by atoms with van der Waals surface area (Å²) in [6.45, 7) is 0.721. The summed E-state index contributed by atoms with van der Waals surface area (Å²) in [6, 6.07) is 5.13. The number of amides is 1. The molecule has 4 nitrogen and oxygen atoms in total. The molecule has 1 aromatic carbocycles. The van der Waals surface area contributed by atoms with Gasteiger partial charge < -0.3 is 15.8 Å². The summed E-state index contributed by atoms with van der Waals surface area (Å²) in [5, 5.41) is 3.04. The molecule has 0 spiro atoms. The number of hydrogen-bond donors (Lipinski definition) is 2. The molecule has 1 saturated carbocycles. The summed E-state index contributed by atoms with van der Waals surface area (Å²) in [4.78, 5) is 12.2. The first-order valence-electron chi connectivity index (χ1n) is 6.87. The number of carbonyl (C=O) groups is 1. The van der Waals surface area contributed by atoms with Crippen LogP contribution in [0.15, 0.2) is 18.2 Å². The van der Waals surface area contributed by atoms with Gasteiger partial charge in [-0.15, -0.1) is 0 Å². The van der Waals surface area contributed by atoms with Crippen molar-refractivity contribution in [2.75, 3.05) is 25.6 Å². The van der Waals surface area contributed by atoms with Crippen molar-refractivity contribution in [3.05, 3.63) is 23.8 Å². The van der Waals surface area contributed by atoms with Crippen LogP contribution in [0.5, 0.6) is 5.75 Å². The molecule has 0 radical (unpaired) electrons. The van der Waals surface area contributed by atoms with Gasteiger partial charge in [0.05, 0.1) is 12.8 Å². The lowest BCUT2D eigenvalue weighted by molar-refractivity contribution is 0.0949. The van der Waals surface area contributed by atoms with Gasteiger partial charge in [0.15, 0.2) is 0 Å². The second kappa shape index (κ2) is 6.39. The maximum atomic E-state index is 12.2. The lowest BCUT2D eigenvalue weighted by Gasteiger charge is -2.26.